The molecule has 2 aromatic heterocycles. The molecule has 0 radical (unpaired) electrons. The summed E-state index contributed by atoms with van der Waals surface area (Å²) in [6, 6.07) is 51.1. The van der Waals surface area contributed by atoms with Gasteiger partial charge in [-0.2, -0.15) is 0 Å². The van der Waals surface area contributed by atoms with E-state index in [1.807, 2.05) is 6.07 Å². The van der Waals surface area contributed by atoms with Crippen molar-refractivity contribution >= 4 is 43.4 Å². The Kier molecular flexibility index (Phi) is 5.25. The number of benzene rings is 7. The first-order valence-electron chi connectivity index (χ1n) is 15.5. The Morgan fingerprint density at radius 3 is 1.35 bits per heavy atom. The molecule has 212 valence electrons. The van der Waals surface area contributed by atoms with Crippen LogP contribution in [0.2, 0.25) is 0 Å². The lowest BCUT2D eigenvalue weighted by Gasteiger charge is -2.12. The van der Waals surface area contributed by atoms with Crippen LogP contribution < -0.4 is 0 Å². The van der Waals surface area contributed by atoms with E-state index in [9.17, 15) is 0 Å². The minimum absolute atomic E-state index is 0.658. The van der Waals surface area contributed by atoms with E-state index < -0.39 is 0 Å². The van der Waals surface area contributed by atoms with Crippen molar-refractivity contribution < 1.29 is 0 Å². The highest BCUT2D eigenvalue weighted by molar-refractivity contribution is 6.25. The minimum atomic E-state index is 0.658. The molecule has 0 spiro atoms. The predicted molar refractivity (Wildman–Crippen MR) is 188 cm³/mol. The second-order valence-corrected chi connectivity index (χ2v) is 11.8. The van der Waals surface area contributed by atoms with Gasteiger partial charge in [0.1, 0.15) is 0 Å². The summed E-state index contributed by atoms with van der Waals surface area (Å²) < 4.78 is 0. The lowest BCUT2D eigenvalue weighted by molar-refractivity contribution is 1.16. The molecule has 4 heteroatoms. The molecule has 0 atom stereocenters. The first kappa shape index (κ1) is 25.1. The molecule has 7 aromatic carbocycles. The number of aromatic nitrogens is 4. The zero-order valence-corrected chi connectivity index (χ0v) is 24.6. The van der Waals surface area contributed by atoms with Gasteiger partial charge in [-0.1, -0.05) is 140 Å². The Hall–Kier alpha value is -6.26. The number of nitrogens with zero attached hydrogens (tertiary/aromatic N) is 4. The third-order valence-corrected chi connectivity index (χ3v) is 9.25. The quantitative estimate of drug-likeness (QED) is 0.194. The van der Waals surface area contributed by atoms with Gasteiger partial charge in [0.05, 0.1) is 16.8 Å². The molecule has 0 saturated carbocycles. The van der Waals surface area contributed by atoms with Crippen molar-refractivity contribution in [3.8, 4) is 56.4 Å². The van der Waals surface area contributed by atoms with Crippen LogP contribution in [0.4, 0.5) is 0 Å². The largest absolute Gasteiger partial charge is 0.227 e. The maximum atomic E-state index is 5.19. The van der Waals surface area contributed by atoms with E-state index in [0.29, 0.717) is 17.3 Å². The standard InChI is InChI=1S/C42H24N4/c1-2-10-25(11-3-1)26-18-20-27(21-19-26)40-43-38-34-16-8-9-17-35(34)39-37(38)42(45-40)46-41(44-39)28-22-23-33-31-14-5-4-12-29(31)30-13-6-7-15-32(30)36(33)24-28/h1-24H. The molecule has 0 N–H and O–H groups in total. The van der Waals surface area contributed by atoms with Crippen LogP contribution in [0.5, 0.6) is 0 Å². The van der Waals surface area contributed by atoms with Crippen molar-refractivity contribution in [1.82, 2.24) is 19.9 Å². The normalized spacial score (nSPS) is 11.9. The summed E-state index contributed by atoms with van der Waals surface area (Å²) >= 11 is 0. The van der Waals surface area contributed by atoms with Gasteiger partial charge in [0.2, 0.25) is 0 Å². The molecule has 1 aliphatic rings. The molecule has 0 amide bonds. The summed E-state index contributed by atoms with van der Waals surface area (Å²) in [4.78, 5) is 20.5. The SMILES string of the molecule is c1ccc(-c2ccc(-c3nc4c5c(nc(-c6ccc7c8ccccc8c8ccccc8c7c6)nc5n3)-c3ccccc3-4)cc2)cc1. The summed E-state index contributed by atoms with van der Waals surface area (Å²) in [6.07, 6.45) is 0. The first-order valence-corrected chi connectivity index (χ1v) is 15.5. The Morgan fingerprint density at radius 2 is 0.739 bits per heavy atom. The fourth-order valence-electron chi connectivity index (χ4n) is 7.07. The first-order chi connectivity index (χ1) is 22.8. The molecule has 9 aromatic rings. The number of hydrogen-bond acceptors (Lipinski definition) is 4. The Bertz CT molecular complexity index is 2640. The van der Waals surface area contributed by atoms with Gasteiger partial charge in [-0.15, -0.1) is 0 Å². The van der Waals surface area contributed by atoms with Crippen molar-refractivity contribution in [1.29, 1.82) is 0 Å². The van der Waals surface area contributed by atoms with Crippen molar-refractivity contribution in [3.63, 3.8) is 0 Å². The van der Waals surface area contributed by atoms with E-state index in [-0.39, 0.29) is 0 Å². The summed E-state index contributed by atoms with van der Waals surface area (Å²) in [5, 5.41) is 8.30. The lowest BCUT2D eigenvalue weighted by Crippen LogP contribution is -1.98. The van der Waals surface area contributed by atoms with Crippen molar-refractivity contribution in [2.45, 2.75) is 0 Å². The molecule has 46 heavy (non-hydrogen) atoms. The van der Waals surface area contributed by atoms with Gasteiger partial charge in [0, 0.05) is 22.3 Å². The molecule has 0 bridgehead atoms. The average molecular weight is 585 g/mol. The third-order valence-electron chi connectivity index (χ3n) is 9.25. The van der Waals surface area contributed by atoms with Gasteiger partial charge in [-0.3, -0.25) is 0 Å². The third kappa shape index (κ3) is 3.67. The van der Waals surface area contributed by atoms with Crippen LogP contribution in [0.25, 0.3) is 99.8 Å². The fourth-order valence-corrected chi connectivity index (χ4v) is 7.07. The van der Waals surface area contributed by atoms with E-state index in [1.54, 1.807) is 0 Å². The molecule has 10 rings (SSSR count). The summed E-state index contributed by atoms with van der Waals surface area (Å²) in [5.74, 6) is 1.32. The van der Waals surface area contributed by atoms with E-state index in [2.05, 4.69) is 140 Å². The van der Waals surface area contributed by atoms with Crippen LogP contribution in [0.1, 0.15) is 0 Å². The molecule has 4 nitrogen and oxygen atoms in total. The van der Waals surface area contributed by atoms with Crippen LogP contribution in [0.15, 0.2) is 146 Å². The smallest absolute Gasteiger partial charge is 0.168 e. The number of rotatable bonds is 3. The van der Waals surface area contributed by atoms with E-state index in [4.69, 9.17) is 19.9 Å². The van der Waals surface area contributed by atoms with Gasteiger partial charge in [-0.05, 0) is 49.5 Å². The fraction of sp³-hybridized carbons (Fsp3) is 0. The molecule has 0 aliphatic heterocycles. The van der Waals surface area contributed by atoms with Crippen molar-refractivity contribution in [2.75, 3.05) is 0 Å². The lowest BCUT2D eigenvalue weighted by atomic mass is 9.93. The Morgan fingerprint density at radius 1 is 0.304 bits per heavy atom. The molecule has 0 fully saturated rings. The van der Waals surface area contributed by atoms with Gasteiger partial charge >= 0.3 is 0 Å². The number of fused-ring (bicyclic) bond motifs is 9. The van der Waals surface area contributed by atoms with Crippen molar-refractivity contribution in [2.24, 2.45) is 0 Å². The highest BCUT2D eigenvalue weighted by Gasteiger charge is 2.27. The van der Waals surface area contributed by atoms with Crippen LogP contribution >= 0.6 is 0 Å². The molecular weight excluding hydrogens is 560 g/mol. The molecule has 0 saturated heterocycles. The Labute approximate surface area is 264 Å². The monoisotopic (exact) mass is 584 g/mol. The number of hydrogen-bond donors (Lipinski definition) is 0. The second-order valence-electron chi connectivity index (χ2n) is 11.8. The molecule has 0 unspecified atom stereocenters. The van der Waals surface area contributed by atoms with Gasteiger partial charge < -0.3 is 0 Å². The zero-order valence-electron chi connectivity index (χ0n) is 24.6. The highest BCUT2D eigenvalue weighted by atomic mass is 15.0. The predicted octanol–water partition coefficient (Wildman–Crippen LogP) is 10.5. The highest BCUT2D eigenvalue weighted by Crippen LogP contribution is 2.46. The summed E-state index contributed by atoms with van der Waals surface area (Å²) in [7, 11) is 0. The second kappa shape index (κ2) is 9.62. The maximum Gasteiger partial charge on any atom is 0.168 e. The van der Waals surface area contributed by atoms with Crippen LogP contribution in [-0.2, 0) is 0 Å². The summed E-state index contributed by atoms with van der Waals surface area (Å²) in [6.45, 7) is 0. The van der Waals surface area contributed by atoms with Crippen LogP contribution in [0, 0.1) is 0 Å². The van der Waals surface area contributed by atoms with Crippen LogP contribution in [0.3, 0.4) is 0 Å². The molecular formula is C42H24N4. The molecule has 2 heterocycles. The minimum Gasteiger partial charge on any atom is -0.227 e. The van der Waals surface area contributed by atoms with Gasteiger partial charge in [0.25, 0.3) is 0 Å². The van der Waals surface area contributed by atoms with Gasteiger partial charge in [-0.25, -0.2) is 19.9 Å². The van der Waals surface area contributed by atoms with Crippen LogP contribution in [-0.4, -0.2) is 19.9 Å². The van der Waals surface area contributed by atoms with Crippen molar-refractivity contribution in [3.05, 3.63) is 146 Å². The maximum absolute atomic E-state index is 5.19. The van der Waals surface area contributed by atoms with Gasteiger partial charge in [0.15, 0.2) is 17.3 Å². The van der Waals surface area contributed by atoms with E-state index in [1.165, 1.54) is 37.9 Å². The topological polar surface area (TPSA) is 51.6 Å². The summed E-state index contributed by atoms with van der Waals surface area (Å²) in [5.41, 5.74) is 8.82. The van der Waals surface area contributed by atoms with E-state index >= 15 is 0 Å². The average Bonchev–Trinajstić information content (AvgIpc) is 3.46. The zero-order chi connectivity index (χ0) is 30.2. The Balaban J connectivity index is 1.19. The van der Waals surface area contributed by atoms with E-state index in [0.717, 1.165) is 44.6 Å². The molecule has 1 aliphatic carbocycles.